The second-order valence-corrected chi connectivity index (χ2v) is 4.67. The van der Waals surface area contributed by atoms with Gasteiger partial charge in [0.2, 0.25) is 5.91 Å². The third kappa shape index (κ3) is 3.58. The van der Waals surface area contributed by atoms with Gasteiger partial charge in [-0.05, 0) is 18.4 Å². The van der Waals surface area contributed by atoms with Gasteiger partial charge in [-0.25, -0.2) is 0 Å². The third-order valence-corrected chi connectivity index (χ3v) is 3.16. The van der Waals surface area contributed by atoms with Crippen molar-refractivity contribution < 1.29 is 14.7 Å². The molecule has 2 N–H and O–H groups in total. The summed E-state index contributed by atoms with van der Waals surface area (Å²) in [4.78, 5) is 21.9. The zero-order chi connectivity index (χ0) is 13.0. The highest BCUT2D eigenvalue weighted by atomic mass is 16.4. The lowest BCUT2D eigenvalue weighted by Crippen LogP contribution is -2.26. The molecule has 0 aliphatic heterocycles. The van der Waals surface area contributed by atoms with Crippen LogP contribution < -0.4 is 5.32 Å². The van der Waals surface area contributed by atoms with E-state index in [1.165, 1.54) is 5.56 Å². The molecule has 0 aromatic heterocycles. The first kappa shape index (κ1) is 12.6. The van der Waals surface area contributed by atoms with Crippen molar-refractivity contribution in [1.82, 2.24) is 5.32 Å². The molecule has 2 rings (SSSR count). The van der Waals surface area contributed by atoms with Crippen molar-refractivity contribution in [3.8, 4) is 0 Å². The number of hydrogen-bond donors (Lipinski definition) is 2. The van der Waals surface area contributed by atoms with E-state index in [2.05, 4.69) is 17.4 Å². The van der Waals surface area contributed by atoms with Crippen molar-refractivity contribution in [3.05, 3.63) is 35.9 Å². The molecule has 0 saturated heterocycles. The van der Waals surface area contributed by atoms with E-state index in [1.54, 1.807) is 0 Å². The number of nitrogens with one attached hydrogen (secondary N) is 1. The maximum atomic E-state index is 11.5. The molecule has 1 amide bonds. The molecule has 1 aromatic carbocycles. The first-order valence-electron chi connectivity index (χ1n) is 6.23. The zero-order valence-electron chi connectivity index (χ0n) is 10.1. The van der Waals surface area contributed by atoms with E-state index in [-0.39, 0.29) is 18.4 Å². The number of carbonyl (C=O) groups excluding carboxylic acids is 1. The average molecular weight is 247 g/mol. The molecule has 4 nitrogen and oxygen atoms in total. The molecule has 4 heteroatoms. The van der Waals surface area contributed by atoms with Gasteiger partial charge >= 0.3 is 5.97 Å². The summed E-state index contributed by atoms with van der Waals surface area (Å²) in [5, 5.41) is 11.4. The monoisotopic (exact) mass is 247 g/mol. The van der Waals surface area contributed by atoms with Crippen LogP contribution in [0, 0.1) is 0 Å². The molecule has 0 bridgehead atoms. The Morgan fingerprint density at radius 3 is 2.61 bits per heavy atom. The zero-order valence-corrected chi connectivity index (χ0v) is 10.1. The number of carboxylic acid groups (broad SMARTS) is 1. The SMILES string of the molecule is O=C(O)CCCC(=O)NC1CC1c1ccccc1. The molecule has 18 heavy (non-hydrogen) atoms. The fourth-order valence-electron chi connectivity index (χ4n) is 2.10. The van der Waals surface area contributed by atoms with Gasteiger partial charge in [0, 0.05) is 24.8 Å². The van der Waals surface area contributed by atoms with E-state index in [0.29, 0.717) is 18.8 Å². The first-order valence-corrected chi connectivity index (χ1v) is 6.23. The van der Waals surface area contributed by atoms with E-state index < -0.39 is 5.97 Å². The smallest absolute Gasteiger partial charge is 0.303 e. The van der Waals surface area contributed by atoms with E-state index in [1.807, 2.05) is 18.2 Å². The van der Waals surface area contributed by atoms with Gasteiger partial charge in [-0.15, -0.1) is 0 Å². The van der Waals surface area contributed by atoms with Crippen molar-refractivity contribution in [2.45, 2.75) is 37.6 Å². The number of benzene rings is 1. The summed E-state index contributed by atoms with van der Waals surface area (Å²) in [5.74, 6) is -0.467. The van der Waals surface area contributed by atoms with Gasteiger partial charge in [-0.1, -0.05) is 30.3 Å². The predicted octanol–water partition coefficient (Wildman–Crippen LogP) is 1.91. The van der Waals surface area contributed by atoms with Crippen molar-refractivity contribution in [1.29, 1.82) is 0 Å². The second-order valence-electron chi connectivity index (χ2n) is 4.67. The molecule has 2 atom stereocenters. The number of carboxylic acids is 1. The molecule has 1 aliphatic carbocycles. The Bertz CT molecular complexity index is 430. The molecular formula is C14H17NO3. The van der Waals surface area contributed by atoms with Crippen LogP contribution in [0.4, 0.5) is 0 Å². The predicted molar refractivity (Wildman–Crippen MR) is 67.2 cm³/mol. The van der Waals surface area contributed by atoms with Crippen LogP contribution in [0.3, 0.4) is 0 Å². The number of rotatable bonds is 6. The Kier molecular flexibility index (Phi) is 3.97. The normalized spacial score (nSPS) is 21.3. The quantitative estimate of drug-likeness (QED) is 0.807. The minimum atomic E-state index is -0.851. The summed E-state index contributed by atoms with van der Waals surface area (Å²) in [6.45, 7) is 0. The van der Waals surface area contributed by atoms with Crippen LogP contribution >= 0.6 is 0 Å². The average Bonchev–Trinajstić information content (AvgIpc) is 3.09. The van der Waals surface area contributed by atoms with E-state index in [0.717, 1.165) is 6.42 Å². The van der Waals surface area contributed by atoms with Gasteiger partial charge in [0.15, 0.2) is 0 Å². The lowest BCUT2D eigenvalue weighted by molar-refractivity contribution is -0.137. The van der Waals surface area contributed by atoms with Gasteiger partial charge in [-0.2, -0.15) is 0 Å². The molecule has 1 aliphatic rings. The maximum absolute atomic E-state index is 11.5. The van der Waals surface area contributed by atoms with Crippen LogP contribution in [0.2, 0.25) is 0 Å². The third-order valence-electron chi connectivity index (χ3n) is 3.16. The molecule has 0 heterocycles. The van der Waals surface area contributed by atoms with Gasteiger partial charge in [0.05, 0.1) is 0 Å². The number of amides is 1. The number of aliphatic carboxylic acids is 1. The van der Waals surface area contributed by atoms with Crippen molar-refractivity contribution in [3.63, 3.8) is 0 Å². The topological polar surface area (TPSA) is 66.4 Å². The van der Waals surface area contributed by atoms with E-state index in [4.69, 9.17) is 5.11 Å². The summed E-state index contributed by atoms with van der Waals surface area (Å²) >= 11 is 0. The Balaban J connectivity index is 1.70. The molecule has 0 radical (unpaired) electrons. The molecule has 0 spiro atoms. The summed E-state index contributed by atoms with van der Waals surface area (Å²) in [6.07, 6.45) is 1.74. The molecule has 2 unspecified atom stereocenters. The minimum Gasteiger partial charge on any atom is -0.481 e. The van der Waals surface area contributed by atoms with Crippen LogP contribution in [-0.2, 0) is 9.59 Å². The fraction of sp³-hybridized carbons (Fsp3) is 0.429. The fourth-order valence-corrected chi connectivity index (χ4v) is 2.10. The van der Waals surface area contributed by atoms with Gasteiger partial charge in [-0.3, -0.25) is 9.59 Å². The summed E-state index contributed by atoms with van der Waals surface area (Å²) in [6, 6.07) is 10.3. The standard InChI is InChI=1S/C14H17NO3/c16-13(7-4-8-14(17)18)15-12-9-11(12)10-5-2-1-3-6-10/h1-3,5-6,11-12H,4,7-9H2,(H,15,16)(H,17,18). The lowest BCUT2D eigenvalue weighted by Gasteiger charge is -2.04. The van der Waals surface area contributed by atoms with E-state index >= 15 is 0 Å². The summed E-state index contributed by atoms with van der Waals surface area (Å²) in [5.41, 5.74) is 1.26. The first-order chi connectivity index (χ1) is 8.66. The Hall–Kier alpha value is -1.84. The highest BCUT2D eigenvalue weighted by Crippen LogP contribution is 2.40. The van der Waals surface area contributed by atoms with Crippen molar-refractivity contribution >= 4 is 11.9 Å². The Labute approximate surface area is 106 Å². The molecular weight excluding hydrogens is 230 g/mol. The van der Waals surface area contributed by atoms with Crippen LogP contribution in [0.1, 0.15) is 37.2 Å². The van der Waals surface area contributed by atoms with Crippen LogP contribution in [0.5, 0.6) is 0 Å². The Morgan fingerprint density at radius 2 is 1.94 bits per heavy atom. The highest BCUT2D eigenvalue weighted by Gasteiger charge is 2.39. The second kappa shape index (κ2) is 5.67. The van der Waals surface area contributed by atoms with Gasteiger partial charge in [0.25, 0.3) is 0 Å². The van der Waals surface area contributed by atoms with Gasteiger partial charge in [0.1, 0.15) is 0 Å². The molecule has 96 valence electrons. The highest BCUT2D eigenvalue weighted by molar-refractivity contribution is 5.77. The lowest BCUT2D eigenvalue weighted by atomic mass is 10.1. The van der Waals surface area contributed by atoms with Crippen LogP contribution in [0.25, 0.3) is 0 Å². The number of hydrogen-bond acceptors (Lipinski definition) is 2. The van der Waals surface area contributed by atoms with E-state index in [9.17, 15) is 9.59 Å². The maximum Gasteiger partial charge on any atom is 0.303 e. The Morgan fingerprint density at radius 1 is 1.22 bits per heavy atom. The molecule has 1 aromatic rings. The summed E-state index contributed by atoms with van der Waals surface area (Å²) in [7, 11) is 0. The minimum absolute atomic E-state index is 0.0420. The molecule has 1 saturated carbocycles. The van der Waals surface area contributed by atoms with Crippen molar-refractivity contribution in [2.75, 3.05) is 0 Å². The number of carbonyl (C=O) groups is 2. The summed E-state index contributed by atoms with van der Waals surface area (Å²) < 4.78 is 0. The van der Waals surface area contributed by atoms with Crippen LogP contribution in [-0.4, -0.2) is 23.0 Å². The largest absolute Gasteiger partial charge is 0.481 e. The van der Waals surface area contributed by atoms with Crippen LogP contribution in [0.15, 0.2) is 30.3 Å². The van der Waals surface area contributed by atoms with Gasteiger partial charge < -0.3 is 10.4 Å². The van der Waals surface area contributed by atoms with Crippen molar-refractivity contribution in [2.24, 2.45) is 0 Å². The molecule has 1 fully saturated rings.